The zero-order chi connectivity index (χ0) is 13.9. The molecule has 21 heavy (non-hydrogen) atoms. The molecule has 106 valence electrons. The quantitative estimate of drug-likeness (QED) is 0.728. The Labute approximate surface area is 130 Å². The summed E-state index contributed by atoms with van der Waals surface area (Å²) in [5.74, 6) is 0.285. The van der Waals surface area contributed by atoms with Crippen LogP contribution in [0.4, 0.5) is 0 Å². The second kappa shape index (κ2) is 6.42. The third-order valence-corrected chi connectivity index (χ3v) is 3.31. The highest BCUT2D eigenvalue weighted by Gasteiger charge is 2.02. The zero-order valence-electron chi connectivity index (χ0n) is 11.7. The van der Waals surface area contributed by atoms with Gasteiger partial charge in [0.25, 0.3) is 0 Å². The molecule has 0 spiro atoms. The maximum absolute atomic E-state index is 9.81. The monoisotopic (exact) mass is 297 g/mol. The van der Waals surface area contributed by atoms with Crippen molar-refractivity contribution < 1.29 is 5.11 Å². The fourth-order valence-electron chi connectivity index (χ4n) is 2.20. The Hall–Kier alpha value is -2.32. The molecule has 0 unspecified atom stereocenters. The van der Waals surface area contributed by atoms with Gasteiger partial charge in [-0.05, 0) is 36.8 Å². The van der Waals surface area contributed by atoms with E-state index in [4.69, 9.17) is 0 Å². The summed E-state index contributed by atoms with van der Waals surface area (Å²) in [4.78, 5) is 4.65. The lowest BCUT2D eigenvalue weighted by atomic mass is 10.1. The molecule has 0 bridgehead atoms. The lowest BCUT2D eigenvalue weighted by Gasteiger charge is -2.04. The van der Waals surface area contributed by atoms with Gasteiger partial charge in [-0.15, -0.1) is 12.4 Å². The van der Waals surface area contributed by atoms with Gasteiger partial charge >= 0.3 is 0 Å². The molecule has 0 fully saturated rings. The van der Waals surface area contributed by atoms with Crippen LogP contribution in [0.15, 0.2) is 60.7 Å². The number of pyridine rings is 1. The molecule has 3 heteroatoms. The topological polar surface area (TPSA) is 33.1 Å². The van der Waals surface area contributed by atoms with E-state index in [2.05, 4.69) is 11.1 Å². The van der Waals surface area contributed by atoms with E-state index in [9.17, 15) is 5.11 Å². The number of hydrogen-bond acceptors (Lipinski definition) is 2. The molecule has 0 atom stereocenters. The Morgan fingerprint density at radius 3 is 2.48 bits per heavy atom. The van der Waals surface area contributed by atoms with Crippen molar-refractivity contribution in [2.75, 3.05) is 0 Å². The van der Waals surface area contributed by atoms with Gasteiger partial charge < -0.3 is 5.11 Å². The molecule has 1 N–H and O–H groups in total. The fourth-order valence-corrected chi connectivity index (χ4v) is 2.20. The molecule has 0 saturated heterocycles. The summed E-state index contributed by atoms with van der Waals surface area (Å²) < 4.78 is 0. The molecule has 1 aromatic heterocycles. The van der Waals surface area contributed by atoms with E-state index in [1.54, 1.807) is 6.07 Å². The number of aromatic hydroxyl groups is 1. The third-order valence-electron chi connectivity index (χ3n) is 3.31. The molecular weight excluding hydrogens is 282 g/mol. The first-order chi connectivity index (χ1) is 9.74. The van der Waals surface area contributed by atoms with Crippen molar-refractivity contribution >= 4 is 35.0 Å². The van der Waals surface area contributed by atoms with Crippen molar-refractivity contribution in [2.45, 2.75) is 6.92 Å². The van der Waals surface area contributed by atoms with Crippen molar-refractivity contribution in [3.63, 3.8) is 0 Å². The number of benzene rings is 2. The molecule has 0 amide bonds. The van der Waals surface area contributed by atoms with Crippen molar-refractivity contribution in [1.82, 2.24) is 4.98 Å². The van der Waals surface area contributed by atoms with Crippen molar-refractivity contribution in [3.05, 3.63) is 71.9 Å². The number of halogens is 1. The number of phenols is 1. The minimum absolute atomic E-state index is 0. The molecule has 0 aliphatic heterocycles. The molecule has 0 aliphatic carbocycles. The van der Waals surface area contributed by atoms with Gasteiger partial charge in [-0.25, -0.2) is 4.98 Å². The predicted octanol–water partition coefficient (Wildman–Crippen LogP) is 4.92. The maximum atomic E-state index is 9.81. The van der Waals surface area contributed by atoms with Crippen LogP contribution in [0, 0.1) is 0 Å². The predicted molar refractivity (Wildman–Crippen MR) is 90.6 cm³/mol. The van der Waals surface area contributed by atoms with Gasteiger partial charge in [-0.3, -0.25) is 0 Å². The lowest BCUT2D eigenvalue weighted by molar-refractivity contribution is 0.474. The average molecular weight is 298 g/mol. The van der Waals surface area contributed by atoms with Gasteiger partial charge in [-0.1, -0.05) is 42.5 Å². The van der Waals surface area contributed by atoms with Crippen LogP contribution in [0.25, 0.3) is 22.6 Å². The van der Waals surface area contributed by atoms with Crippen LogP contribution >= 0.6 is 12.4 Å². The zero-order valence-corrected chi connectivity index (χ0v) is 12.5. The number of allylic oxidation sites excluding steroid dienone is 1. The minimum Gasteiger partial charge on any atom is -0.507 e. The lowest BCUT2D eigenvalue weighted by Crippen LogP contribution is -1.87. The smallest absolute Gasteiger partial charge is 0.122 e. The number of phenolic OH excluding ortho intramolecular Hbond substituents is 1. The number of fused-ring (bicyclic) bond motifs is 1. The number of rotatable bonds is 2. The molecule has 1 heterocycles. The van der Waals surface area contributed by atoms with Gasteiger partial charge in [0.15, 0.2) is 0 Å². The Morgan fingerprint density at radius 2 is 1.67 bits per heavy atom. The van der Waals surface area contributed by atoms with E-state index in [-0.39, 0.29) is 18.2 Å². The van der Waals surface area contributed by atoms with E-state index < -0.39 is 0 Å². The number of para-hydroxylation sites is 2. The van der Waals surface area contributed by atoms with E-state index in [1.807, 2.05) is 61.5 Å². The van der Waals surface area contributed by atoms with Crippen molar-refractivity contribution in [2.24, 2.45) is 0 Å². The van der Waals surface area contributed by atoms with Gasteiger partial charge in [0.05, 0.1) is 11.2 Å². The molecule has 0 aliphatic rings. The summed E-state index contributed by atoms with van der Waals surface area (Å²) in [5, 5.41) is 10.9. The van der Waals surface area contributed by atoms with Crippen molar-refractivity contribution in [1.29, 1.82) is 0 Å². The average Bonchev–Trinajstić information content (AvgIpc) is 2.49. The first kappa shape index (κ1) is 15.1. The third kappa shape index (κ3) is 3.23. The van der Waals surface area contributed by atoms with Crippen LogP contribution in [-0.4, -0.2) is 10.1 Å². The Balaban J connectivity index is 0.00000161. The molecule has 2 aromatic carbocycles. The highest BCUT2D eigenvalue weighted by molar-refractivity contribution is 5.85. The minimum atomic E-state index is 0. The standard InChI is InChI=1S/C18H15NO.ClH/c1-13(12-15-7-3-5-9-18(15)20)16-11-10-14-6-2-4-8-17(14)19-16;/h2-12,20H,1H3;1H/b13-12-;. The molecule has 2 nitrogen and oxygen atoms in total. The van der Waals surface area contributed by atoms with Gasteiger partial charge in [-0.2, -0.15) is 0 Å². The summed E-state index contributed by atoms with van der Waals surface area (Å²) in [6.45, 7) is 2.00. The number of nitrogens with zero attached hydrogens (tertiary/aromatic N) is 1. The van der Waals surface area contributed by atoms with Crippen LogP contribution in [0.3, 0.4) is 0 Å². The van der Waals surface area contributed by atoms with Crippen LogP contribution < -0.4 is 0 Å². The van der Waals surface area contributed by atoms with Crippen LogP contribution in [0.2, 0.25) is 0 Å². The highest BCUT2D eigenvalue weighted by atomic mass is 35.5. The van der Waals surface area contributed by atoms with E-state index >= 15 is 0 Å². The van der Waals surface area contributed by atoms with Crippen LogP contribution in [-0.2, 0) is 0 Å². The van der Waals surface area contributed by atoms with Gasteiger partial charge in [0.2, 0.25) is 0 Å². The van der Waals surface area contributed by atoms with E-state index in [0.717, 1.165) is 27.7 Å². The molecular formula is C18H16ClNO. The van der Waals surface area contributed by atoms with E-state index in [1.165, 1.54) is 0 Å². The summed E-state index contributed by atoms with van der Waals surface area (Å²) >= 11 is 0. The Kier molecular flexibility index (Phi) is 4.61. The Bertz CT molecular complexity index is 796. The first-order valence-electron chi connectivity index (χ1n) is 6.56. The first-order valence-corrected chi connectivity index (χ1v) is 6.56. The normalized spacial score (nSPS) is 11.2. The number of aromatic nitrogens is 1. The highest BCUT2D eigenvalue weighted by Crippen LogP contribution is 2.23. The SMILES string of the molecule is C/C(=C/c1ccccc1O)c1ccc2ccccc2n1.Cl. The van der Waals surface area contributed by atoms with Gasteiger partial charge in [0, 0.05) is 10.9 Å². The maximum Gasteiger partial charge on any atom is 0.122 e. The molecule has 0 saturated carbocycles. The second-order valence-electron chi connectivity index (χ2n) is 4.78. The summed E-state index contributed by atoms with van der Waals surface area (Å²) in [6.07, 6.45) is 1.95. The summed E-state index contributed by atoms with van der Waals surface area (Å²) in [6, 6.07) is 19.4. The molecule has 3 rings (SSSR count). The van der Waals surface area contributed by atoms with Crippen LogP contribution in [0.5, 0.6) is 5.75 Å². The second-order valence-corrected chi connectivity index (χ2v) is 4.78. The molecule has 0 radical (unpaired) electrons. The van der Waals surface area contributed by atoms with Crippen LogP contribution in [0.1, 0.15) is 18.2 Å². The Morgan fingerprint density at radius 1 is 0.952 bits per heavy atom. The summed E-state index contributed by atoms with van der Waals surface area (Å²) in [5.41, 5.74) is 3.74. The van der Waals surface area contributed by atoms with Gasteiger partial charge in [0.1, 0.15) is 5.75 Å². The number of hydrogen-bond donors (Lipinski definition) is 1. The molecule has 3 aromatic rings. The van der Waals surface area contributed by atoms with E-state index in [0.29, 0.717) is 0 Å². The summed E-state index contributed by atoms with van der Waals surface area (Å²) in [7, 11) is 0. The van der Waals surface area contributed by atoms with Crippen molar-refractivity contribution in [3.8, 4) is 5.75 Å². The largest absolute Gasteiger partial charge is 0.507 e. The fraction of sp³-hybridized carbons (Fsp3) is 0.0556.